The van der Waals surface area contributed by atoms with Gasteiger partial charge in [-0.1, -0.05) is 103 Å². The zero-order valence-corrected chi connectivity index (χ0v) is 16.1. The minimum absolute atomic E-state index is 0.227. The van der Waals surface area contributed by atoms with E-state index >= 15 is 0 Å². The summed E-state index contributed by atoms with van der Waals surface area (Å²) in [6, 6.07) is 30.4. The van der Waals surface area contributed by atoms with Gasteiger partial charge in [-0.05, 0) is 16.7 Å². The minimum atomic E-state index is -0.981. The Morgan fingerprint density at radius 1 is 0.724 bits per heavy atom. The standard InChI is InChI=1S/C25H24O4/c26-24(27)20-28-18-10-11-19-29-25(21-12-4-1-5-13-21,22-14-6-2-7-15-22)23-16-8-3-9-17-23/h1-17H,18-20H2,(H,26,27)/b11-10-. The first kappa shape index (κ1) is 20.5. The molecule has 3 rings (SSSR count). The van der Waals surface area contributed by atoms with E-state index in [-0.39, 0.29) is 13.2 Å². The van der Waals surface area contributed by atoms with Gasteiger partial charge in [0, 0.05) is 0 Å². The summed E-state index contributed by atoms with van der Waals surface area (Å²) >= 11 is 0. The zero-order valence-electron chi connectivity index (χ0n) is 16.1. The summed E-state index contributed by atoms with van der Waals surface area (Å²) in [5, 5.41) is 8.63. The number of aliphatic carboxylic acids is 1. The Labute approximate surface area is 171 Å². The van der Waals surface area contributed by atoms with Crippen molar-refractivity contribution in [2.75, 3.05) is 19.8 Å². The molecule has 3 aromatic carbocycles. The molecule has 4 nitrogen and oxygen atoms in total. The number of hydrogen-bond acceptors (Lipinski definition) is 3. The molecule has 0 bridgehead atoms. The van der Waals surface area contributed by atoms with Crippen LogP contribution in [0.5, 0.6) is 0 Å². The van der Waals surface area contributed by atoms with Crippen LogP contribution < -0.4 is 0 Å². The third-order valence-electron chi connectivity index (χ3n) is 4.54. The smallest absolute Gasteiger partial charge is 0.329 e. The van der Waals surface area contributed by atoms with E-state index in [9.17, 15) is 4.79 Å². The van der Waals surface area contributed by atoms with E-state index in [0.717, 1.165) is 16.7 Å². The molecule has 0 aromatic heterocycles. The highest BCUT2D eigenvalue weighted by atomic mass is 16.5. The highest BCUT2D eigenvalue weighted by molar-refractivity contribution is 5.68. The van der Waals surface area contributed by atoms with Gasteiger partial charge in [-0.15, -0.1) is 0 Å². The van der Waals surface area contributed by atoms with Crippen LogP contribution in [0.4, 0.5) is 0 Å². The molecule has 0 saturated carbocycles. The van der Waals surface area contributed by atoms with Crippen molar-refractivity contribution in [3.05, 3.63) is 120 Å². The average molecular weight is 388 g/mol. The van der Waals surface area contributed by atoms with Crippen molar-refractivity contribution < 1.29 is 19.4 Å². The van der Waals surface area contributed by atoms with E-state index in [1.54, 1.807) is 6.08 Å². The van der Waals surface area contributed by atoms with Gasteiger partial charge in [0.25, 0.3) is 0 Å². The molecule has 0 heterocycles. The molecule has 1 N–H and O–H groups in total. The van der Waals surface area contributed by atoms with Crippen LogP contribution >= 0.6 is 0 Å². The third-order valence-corrected chi connectivity index (χ3v) is 4.54. The summed E-state index contributed by atoms with van der Waals surface area (Å²) in [6.07, 6.45) is 3.63. The lowest BCUT2D eigenvalue weighted by Crippen LogP contribution is -2.33. The van der Waals surface area contributed by atoms with Crippen LogP contribution in [0.25, 0.3) is 0 Å². The van der Waals surface area contributed by atoms with Crippen molar-refractivity contribution in [1.29, 1.82) is 0 Å². The van der Waals surface area contributed by atoms with E-state index in [1.165, 1.54) is 0 Å². The number of carboxylic acids is 1. The quantitative estimate of drug-likeness (QED) is 0.312. The number of carbonyl (C=O) groups is 1. The van der Waals surface area contributed by atoms with Crippen LogP contribution in [-0.2, 0) is 19.9 Å². The van der Waals surface area contributed by atoms with E-state index in [4.69, 9.17) is 14.6 Å². The molecule has 0 fully saturated rings. The van der Waals surface area contributed by atoms with Gasteiger partial charge in [-0.2, -0.15) is 0 Å². The summed E-state index contributed by atoms with van der Waals surface area (Å²) in [6.45, 7) is 0.257. The first-order valence-corrected chi connectivity index (χ1v) is 9.48. The summed E-state index contributed by atoms with van der Waals surface area (Å²) < 4.78 is 11.6. The van der Waals surface area contributed by atoms with Gasteiger partial charge in [-0.3, -0.25) is 0 Å². The molecule has 0 saturated heterocycles. The van der Waals surface area contributed by atoms with Crippen molar-refractivity contribution in [1.82, 2.24) is 0 Å². The molecule has 0 aliphatic carbocycles. The Morgan fingerprint density at radius 3 is 1.55 bits per heavy atom. The molecular weight excluding hydrogens is 364 g/mol. The van der Waals surface area contributed by atoms with Crippen LogP contribution in [0.1, 0.15) is 16.7 Å². The summed E-state index contributed by atoms with van der Waals surface area (Å²) in [7, 11) is 0. The molecule has 0 atom stereocenters. The van der Waals surface area contributed by atoms with Crippen molar-refractivity contribution in [3.63, 3.8) is 0 Å². The maximum Gasteiger partial charge on any atom is 0.329 e. The van der Waals surface area contributed by atoms with Crippen LogP contribution in [0, 0.1) is 0 Å². The molecule has 0 radical (unpaired) electrons. The maximum absolute atomic E-state index is 10.5. The molecule has 148 valence electrons. The van der Waals surface area contributed by atoms with Crippen LogP contribution in [-0.4, -0.2) is 30.9 Å². The molecule has 3 aromatic rings. The fraction of sp³-hybridized carbons (Fsp3) is 0.160. The predicted octanol–water partition coefficient (Wildman–Crippen LogP) is 4.65. The minimum Gasteiger partial charge on any atom is -0.480 e. The fourth-order valence-corrected chi connectivity index (χ4v) is 3.29. The zero-order chi connectivity index (χ0) is 20.4. The number of benzene rings is 3. The first-order valence-electron chi connectivity index (χ1n) is 9.48. The van der Waals surface area contributed by atoms with E-state index in [0.29, 0.717) is 6.61 Å². The van der Waals surface area contributed by atoms with Crippen LogP contribution in [0.2, 0.25) is 0 Å². The Hall–Kier alpha value is -3.21. The highest BCUT2D eigenvalue weighted by Gasteiger charge is 2.37. The normalized spacial score (nSPS) is 11.6. The average Bonchev–Trinajstić information content (AvgIpc) is 2.77. The number of ether oxygens (including phenoxy) is 2. The summed E-state index contributed by atoms with van der Waals surface area (Å²) in [5.74, 6) is -0.981. The second-order valence-corrected chi connectivity index (χ2v) is 6.47. The van der Waals surface area contributed by atoms with Gasteiger partial charge >= 0.3 is 5.97 Å². The Balaban J connectivity index is 1.93. The van der Waals surface area contributed by atoms with Crippen LogP contribution in [0.3, 0.4) is 0 Å². The second kappa shape index (κ2) is 10.4. The number of carboxylic acid groups (broad SMARTS) is 1. The van der Waals surface area contributed by atoms with Crippen molar-refractivity contribution >= 4 is 5.97 Å². The van der Waals surface area contributed by atoms with Crippen LogP contribution in [0.15, 0.2) is 103 Å². The Morgan fingerprint density at radius 2 is 1.14 bits per heavy atom. The molecule has 0 amide bonds. The van der Waals surface area contributed by atoms with E-state index in [1.807, 2.05) is 60.7 Å². The summed E-state index contributed by atoms with van der Waals surface area (Å²) in [5.41, 5.74) is 2.34. The van der Waals surface area contributed by atoms with E-state index in [2.05, 4.69) is 36.4 Å². The van der Waals surface area contributed by atoms with E-state index < -0.39 is 11.6 Å². The molecule has 0 spiro atoms. The predicted molar refractivity (Wildman–Crippen MR) is 113 cm³/mol. The Bertz CT molecular complexity index is 809. The molecule has 29 heavy (non-hydrogen) atoms. The van der Waals surface area contributed by atoms with Gasteiger partial charge in [0.2, 0.25) is 0 Å². The molecular formula is C25H24O4. The van der Waals surface area contributed by atoms with Crippen molar-refractivity contribution in [2.24, 2.45) is 0 Å². The van der Waals surface area contributed by atoms with Gasteiger partial charge < -0.3 is 14.6 Å². The van der Waals surface area contributed by atoms with Crippen molar-refractivity contribution in [2.45, 2.75) is 5.60 Å². The molecule has 0 aliphatic rings. The number of hydrogen-bond donors (Lipinski definition) is 1. The SMILES string of the molecule is O=C(O)COC/C=C\COC(c1ccccc1)(c1ccccc1)c1ccccc1. The largest absolute Gasteiger partial charge is 0.480 e. The third kappa shape index (κ3) is 5.19. The maximum atomic E-state index is 10.5. The first-order chi connectivity index (χ1) is 14.2. The lowest BCUT2D eigenvalue weighted by Gasteiger charge is -2.35. The lowest BCUT2D eigenvalue weighted by molar-refractivity contribution is -0.141. The highest BCUT2D eigenvalue weighted by Crippen LogP contribution is 2.40. The second-order valence-electron chi connectivity index (χ2n) is 6.47. The van der Waals surface area contributed by atoms with Gasteiger partial charge in [0.1, 0.15) is 12.2 Å². The fourth-order valence-electron chi connectivity index (χ4n) is 3.29. The lowest BCUT2D eigenvalue weighted by atomic mass is 9.80. The molecule has 0 aliphatic heterocycles. The topological polar surface area (TPSA) is 55.8 Å². The van der Waals surface area contributed by atoms with Gasteiger partial charge in [0.15, 0.2) is 0 Å². The van der Waals surface area contributed by atoms with Crippen molar-refractivity contribution in [3.8, 4) is 0 Å². The van der Waals surface area contributed by atoms with Gasteiger partial charge in [0.05, 0.1) is 13.2 Å². The Kier molecular flexibility index (Phi) is 7.34. The number of rotatable bonds is 10. The molecule has 0 unspecified atom stereocenters. The van der Waals surface area contributed by atoms with Gasteiger partial charge in [-0.25, -0.2) is 4.79 Å². The summed E-state index contributed by atoms with van der Waals surface area (Å²) in [4.78, 5) is 10.5. The monoisotopic (exact) mass is 388 g/mol. The molecule has 4 heteroatoms.